The lowest BCUT2D eigenvalue weighted by Gasteiger charge is -2.19. The molecule has 0 radical (unpaired) electrons. The number of halogens is 1. The normalized spacial score (nSPS) is 11.1. The van der Waals surface area contributed by atoms with Crippen molar-refractivity contribution >= 4 is 34.1 Å². The molecule has 0 atom stereocenters. The molecule has 2 heterocycles. The van der Waals surface area contributed by atoms with Gasteiger partial charge in [-0.25, -0.2) is 5.06 Å². The van der Waals surface area contributed by atoms with Crippen LogP contribution in [0.5, 0.6) is 0 Å². The summed E-state index contributed by atoms with van der Waals surface area (Å²) in [7, 11) is 4.54. The summed E-state index contributed by atoms with van der Waals surface area (Å²) in [5.74, 6) is -0.534. The molecule has 0 aliphatic rings. The minimum atomic E-state index is -0.383. The highest BCUT2D eigenvalue weighted by Crippen LogP contribution is 2.33. The number of hydrogen-bond donors (Lipinski definition) is 0. The summed E-state index contributed by atoms with van der Waals surface area (Å²) < 4.78 is 2.90. The Hall–Kier alpha value is -3.75. The molecule has 0 spiro atoms. The van der Waals surface area contributed by atoms with E-state index in [9.17, 15) is 14.4 Å². The van der Waals surface area contributed by atoms with E-state index in [1.54, 1.807) is 31.3 Å². The highest BCUT2D eigenvalue weighted by molar-refractivity contribution is 6.31. The van der Waals surface area contributed by atoms with E-state index in [1.807, 2.05) is 37.3 Å². The fourth-order valence-corrected chi connectivity index (χ4v) is 4.48. The molecular formula is C27H27ClN4O4. The first-order valence-electron chi connectivity index (χ1n) is 11.6. The van der Waals surface area contributed by atoms with Gasteiger partial charge in [0.05, 0.1) is 25.0 Å². The van der Waals surface area contributed by atoms with Crippen LogP contribution >= 0.6 is 11.6 Å². The number of hydrogen-bond acceptors (Lipinski definition) is 5. The molecule has 0 saturated heterocycles. The molecule has 186 valence electrons. The number of amides is 1. The zero-order chi connectivity index (χ0) is 26.0. The van der Waals surface area contributed by atoms with E-state index < -0.39 is 0 Å². The lowest BCUT2D eigenvalue weighted by molar-refractivity contribution is -0.0763. The number of Topliss-reactive ketones (excluding diaryl/α,β-unsaturated/α-hetero) is 1. The van der Waals surface area contributed by atoms with Gasteiger partial charge < -0.3 is 0 Å². The number of carbonyl (C=O) groups excluding carboxylic acids is 2. The average Bonchev–Trinajstić information content (AvgIpc) is 3.24. The number of rotatable bonds is 8. The topological polar surface area (TPSA) is 86.4 Å². The SMILES string of the molecule is CCCC(=O)c1c(-c2ccccc2)c2cc(Cl)ccc2c(=O)n1Cc1cc(C(=O)N(C)OC)n(C)n1. The van der Waals surface area contributed by atoms with E-state index in [4.69, 9.17) is 16.4 Å². The molecule has 8 nitrogen and oxygen atoms in total. The lowest BCUT2D eigenvalue weighted by Crippen LogP contribution is -2.28. The Morgan fingerprint density at radius 1 is 1.08 bits per heavy atom. The van der Waals surface area contributed by atoms with Crippen molar-refractivity contribution in [2.45, 2.75) is 26.3 Å². The molecule has 0 N–H and O–H groups in total. The Bertz CT molecular complexity index is 1510. The number of hydroxylamine groups is 2. The van der Waals surface area contributed by atoms with Crippen molar-refractivity contribution in [3.63, 3.8) is 0 Å². The number of aryl methyl sites for hydroxylation is 1. The Kier molecular flexibility index (Phi) is 7.37. The maximum atomic E-state index is 13.8. The Morgan fingerprint density at radius 2 is 1.81 bits per heavy atom. The Labute approximate surface area is 213 Å². The van der Waals surface area contributed by atoms with Crippen LogP contribution in [0.3, 0.4) is 0 Å². The van der Waals surface area contributed by atoms with Crippen LogP contribution in [0.1, 0.15) is 46.4 Å². The van der Waals surface area contributed by atoms with Crippen molar-refractivity contribution < 1.29 is 14.4 Å². The Balaban J connectivity index is 2.00. The molecule has 0 aliphatic heterocycles. The van der Waals surface area contributed by atoms with Crippen molar-refractivity contribution in [1.82, 2.24) is 19.4 Å². The standard InChI is InChI=1S/C27H27ClN4O4/c1-5-9-23(33)25-24(17-10-7-6-8-11-17)21-14-18(28)12-13-20(21)26(34)32(25)16-19-15-22(30(2)29-19)27(35)31(3)36-4/h6-8,10-15H,5,9,16H2,1-4H3. The van der Waals surface area contributed by atoms with Crippen molar-refractivity contribution in [3.8, 4) is 11.1 Å². The van der Waals surface area contributed by atoms with Gasteiger partial charge in [0.25, 0.3) is 11.5 Å². The number of nitrogens with zero attached hydrogens (tertiary/aromatic N) is 4. The van der Waals surface area contributed by atoms with Gasteiger partial charge in [0.15, 0.2) is 5.78 Å². The van der Waals surface area contributed by atoms with Gasteiger partial charge in [0.1, 0.15) is 5.69 Å². The fraction of sp³-hybridized carbons (Fsp3) is 0.259. The molecule has 0 unspecified atom stereocenters. The molecule has 1 amide bonds. The molecular weight excluding hydrogens is 480 g/mol. The largest absolute Gasteiger partial charge is 0.298 e. The van der Waals surface area contributed by atoms with Crippen LogP contribution in [0, 0.1) is 0 Å². The first-order chi connectivity index (χ1) is 17.3. The summed E-state index contributed by atoms with van der Waals surface area (Å²) in [5, 5.41) is 7.08. The van der Waals surface area contributed by atoms with Gasteiger partial charge in [-0.3, -0.25) is 28.5 Å². The van der Waals surface area contributed by atoms with Crippen LogP contribution in [-0.4, -0.2) is 45.3 Å². The quantitative estimate of drug-likeness (QED) is 0.255. The predicted octanol–water partition coefficient (Wildman–Crippen LogP) is 4.72. The first kappa shape index (κ1) is 25.3. The van der Waals surface area contributed by atoms with Gasteiger partial charge in [0, 0.05) is 36.5 Å². The average molecular weight is 507 g/mol. The van der Waals surface area contributed by atoms with E-state index in [0.717, 1.165) is 10.6 Å². The molecule has 0 bridgehead atoms. The summed E-state index contributed by atoms with van der Waals surface area (Å²) in [4.78, 5) is 45.0. The molecule has 36 heavy (non-hydrogen) atoms. The van der Waals surface area contributed by atoms with Crippen LogP contribution in [0.2, 0.25) is 5.02 Å². The van der Waals surface area contributed by atoms with Crippen molar-refractivity contribution in [3.05, 3.63) is 87.1 Å². The van der Waals surface area contributed by atoms with E-state index in [0.29, 0.717) is 44.9 Å². The highest BCUT2D eigenvalue weighted by atomic mass is 35.5. The van der Waals surface area contributed by atoms with Gasteiger partial charge in [-0.2, -0.15) is 5.10 Å². The second-order valence-corrected chi connectivity index (χ2v) is 8.91. The predicted molar refractivity (Wildman–Crippen MR) is 139 cm³/mol. The molecule has 9 heteroatoms. The van der Waals surface area contributed by atoms with Crippen molar-refractivity contribution in [2.24, 2.45) is 7.05 Å². The van der Waals surface area contributed by atoms with E-state index >= 15 is 0 Å². The summed E-state index contributed by atoms with van der Waals surface area (Å²) in [6.07, 6.45) is 0.899. The molecule has 0 aliphatic carbocycles. The first-order valence-corrected chi connectivity index (χ1v) is 11.9. The molecule has 0 saturated carbocycles. The highest BCUT2D eigenvalue weighted by Gasteiger charge is 2.25. The summed E-state index contributed by atoms with van der Waals surface area (Å²) in [6.45, 7) is 1.93. The second kappa shape index (κ2) is 10.5. The number of benzene rings is 2. The maximum absolute atomic E-state index is 13.8. The summed E-state index contributed by atoms with van der Waals surface area (Å²) >= 11 is 6.33. The van der Waals surface area contributed by atoms with Gasteiger partial charge in [-0.15, -0.1) is 0 Å². The fourth-order valence-electron chi connectivity index (χ4n) is 4.31. The summed E-state index contributed by atoms with van der Waals surface area (Å²) in [5.41, 5.74) is 2.18. The van der Waals surface area contributed by atoms with Gasteiger partial charge >= 0.3 is 0 Å². The van der Waals surface area contributed by atoms with Gasteiger partial charge in [-0.05, 0) is 41.6 Å². The molecule has 0 fully saturated rings. The molecule has 2 aromatic heterocycles. The summed E-state index contributed by atoms with van der Waals surface area (Å²) in [6, 6.07) is 16.2. The van der Waals surface area contributed by atoms with Crippen LogP contribution in [-0.2, 0) is 18.4 Å². The van der Waals surface area contributed by atoms with Crippen LogP contribution < -0.4 is 5.56 Å². The number of pyridine rings is 1. The van der Waals surface area contributed by atoms with Gasteiger partial charge in [0.2, 0.25) is 0 Å². The minimum Gasteiger partial charge on any atom is -0.298 e. The Morgan fingerprint density at radius 3 is 2.47 bits per heavy atom. The third-order valence-electron chi connectivity index (χ3n) is 6.07. The number of aromatic nitrogens is 3. The second-order valence-electron chi connectivity index (χ2n) is 8.47. The van der Waals surface area contributed by atoms with Crippen LogP contribution in [0.4, 0.5) is 0 Å². The zero-order valence-electron chi connectivity index (χ0n) is 20.6. The smallest absolute Gasteiger partial charge is 0.295 e. The van der Waals surface area contributed by atoms with E-state index in [1.165, 1.54) is 23.4 Å². The van der Waals surface area contributed by atoms with Gasteiger partial charge in [-0.1, -0.05) is 48.9 Å². The van der Waals surface area contributed by atoms with Crippen LogP contribution in [0.25, 0.3) is 21.9 Å². The third kappa shape index (κ3) is 4.69. The minimum absolute atomic E-state index is 0.0137. The van der Waals surface area contributed by atoms with E-state index in [-0.39, 0.29) is 30.2 Å². The molecule has 4 aromatic rings. The lowest BCUT2D eigenvalue weighted by atomic mass is 9.94. The van der Waals surface area contributed by atoms with Crippen molar-refractivity contribution in [2.75, 3.05) is 14.2 Å². The van der Waals surface area contributed by atoms with Crippen LogP contribution in [0.15, 0.2) is 59.4 Å². The number of carbonyl (C=O) groups is 2. The molecule has 4 rings (SSSR count). The van der Waals surface area contributed by atoms with Crippen molar-refractivity contribution in [1.29, 1.82) is 0 Å². The third-order valence-corrected chi connectivity index (χ3v) is 6.30. The zero-order valence-corrected chi connectivity index (χ0v) is 21.4. The number of ketones is 1. The monoisotopic (exact) mass is 506 g/mol. The maximum Gasteiger partial charge on any atom is 0.295 e. The number of fused-ring (bicyclic) bond motifs is 1. The molecule has 2 aromatic carbocycles. The van der Waals surface area contributed by atoms with E-state index in [2.05, 4.69) is 5.10 Å².